The topological polar surface area (TPSA) is 52.6 Å². The van der Waals surface area contributed by atoms with Crippen LogP contribution in [0, 0.1) is 0 Å². The number of ether oxygens (including phenoxy) is 2. The van der Waals surface area contributed by atoms with Crippen LogP contribution in [-0.4, -0.2) is 18.0 Å². The zero-order valence-corrected chi connectivity index (χ0v) is 14.6. The highest BCUT2D eigenvalue weighted by atomic mass is 16.6. The van der Waals surface area contributed by atoms with Gasteiger partial charge in [-0.1, -0.05) is 54.6 Å². The van der Waals surface area contributed by atoms with Crippen molar-refractivity contribution < 1.29 is 19.1 Å². The standard InChI is InChI=1S/C22H18O4/c1-13(23)25-21-12-11-19-18-8-7-15-5-3-4-6-16(15)17(18)9-10-20(19)22(21)26-14(2)24/h3-12,21-22H,1-2H3. The Hall–Kier alpha value is -3.14. The molecule has 4 rings (SSSR count). The fourth-order valence-electron chi connectivity index (χ4n) is 3.63. The lowest BCUT2D eigenvalue weighted by Gasteiger charge is -2.29. The largest absolute Gasteiger partial charge is 0.454 e. The van der Waals surface area contributed by atoms with Crippen molar-refractivity contribution in [2.75, 3.05) is 0 Å². The van der Waals surface area contributed by atoms with Crippen LogP contribution < -0.4 is 0 Å². The fraction of sp³-hybridized carbons (Fsp3) is 0.182. The number of benzene rings is 3. The monoisotopic (exact) mass is 346 g/mol. The highest BCUT2D eigenvalue weighted by molar-refractivity contribution is 6.10. The Bertz CT molecular complexity index is 1060. The van der Waals surface area contributed by atoms with Gasteiger partial charge in [0.25, 0.3) is 0 Å². The minimum Gasteiger partial charge on any atom is -0.454 e. The predicted molar refractivity (Wildman–Crippen MR) is 101 cm³/mol. The number of hydrogen-bond donors (Lipinski definition) is 0. The Kier molecular flexibility index (Phi) is 3.96. The maximum Gasteiger partial charge on any atom is 0.303 e. The lowest BCUT2D eigenvalue weighted by molar-refractivity contribution is -0.162. The van der Waals surface area contributed by atoms with Gasteiger partial charge >= 0.3 is 11.9 Å². The second-order valence-electron chi connectivity index (χ2n) is 6.41. The van der Waals surface area contributed by atoms with Gasteiger partial charge in [-0.3, -0.25) is 9.59 Å². The minimum absolute atomic E-state index is 0.410. The Morgan fingerprint density at radius 2 is 1.54 bits per heavy atom. The van der Waals surface area contributed by atoms with E-state index in [4.69, 9.17) is 9.47 Å². The summed E-state index contributed by atoms with van der Waals surface area (Å²) in [4.78, 5) is 23.0. The van der Waals surface area contributed by atoms with E-state index in [-0.39, 0.29) is 0 Å². The maximum absolute atomic E-state index is 11.6. The quantitative estimate of drug-likeness (QED) is 0.504. The van der Waals surface area contributed by atoms with Gasteiger partial charge in [-0.25, -0.2) is 0 Å². The molecule has 2 unspecified atom stereocenters. The van der Waals surface area contributed by atoms with Gasteiger partial charge in [0.1, 0.15) is 0 Å². The van der Waals surface area contributed by atoms with E-state index in [1.54, 1.807) is 6.08 Å². The van der Waals surface area contributed by atoms with E-state index in [1.807, 2.05) is 30.3 Å². The summed E-state index contributed by atoms with van der Waals surface area (Å²) < 4.78 is 10.8. The van der Waals surface area contributed by atoms with Crippen LogP contribution in [0.15, 0.2) is 54.6 Å². The molecule has 0 saturated heterocycles. The third-order valence-corrected chi connectivity index (χ3v) is 4.65. The first-order chi connectivity index (χ1) is 12.5. The average molecular weight is 346 g/mol. The molecule has 4 nitrogen and oxygen atoms in total. The molecule has 0 radical (unpaired) electrons. The highest BCUT2D eigenvalue weighted by Crippen LogP contribution is 2.38. The molecule has 0 amide bonds. The molecule has 130 valence electrons. The zero-order chi connectivity index (χ0) is 18.3. The Morgan fingerprint density at radius 3 is 2.31 bits per heavy atom. The SMILES string of the molecule is CC(=O)OC1C=Cc2c(ccc3c2ccc2ccccc23)C1OC(C)=O. The smallest absolute Gasteiger partial charge is 0.303 e. The van der Waals surface area contributed by atoms with Crippen molar-refractivity contribution in [3.8, 4) is 0 Å². The molecular formula is C22H18O4. The number of esters is 2. The van der Waals surface area contributed by atoms with Crippen molar-refractivity contribution in [2.24, 2.45) is 0 Å². The molecule has 0 spiro atoms. The number of rotatable bonds is 2. The van der Waals surface area contributed by atoms with E-state index >= 15 is 0 Å². The van der Waals surface area contributed by atoms with Crippen LogP contribution in [0.4, 0.5) is 0 Å². The molecule has 26 heavy (non-hydrogen) atoms. The summed E-state index contributed by atoms with van der Waals surface area (Å²) in [6.45, 7) is 2.71. The number of carbonyl (C=O) groups excluding carboxylic acids is 2. The maximum atomic E-state index is 11.6. The van der Waals surface area contributed by atoms with Crippen molar-refractivity contribution in [1.82, 2.24) is 0 Å². The lowest BCUT2D eigenvalue weighted by atomic mass is 9.87. The summed E-state index contributed by atoms with van der Waals surface area (Å²) in [6, 6.07) is 16.4. The molecule has 3 aromatic rings. The van der Waals surface area contributed by atoms with Crippen molar-refractivity contribution in [1.29, 1.82) is 0 Å². The normalized spacial score (nSPS) is 18.5. The number of hydrogen-bond acceptors (Lipinski definition) is 4. The van der Waals surface area contributed by atoms with Gasteiger partial charge in [0.05, 0.1) is 0 Å². The van der Waals surface area contributed by atoms with E-state index in [1.165, 1.54) is 24.6 Å². The molecule has 0 heterocycles. The number of fused-ring (bicyclic) bond motifs is 5. The molecule has 3 aromatic carbocycles. The number of carbonyl (C=O) groups is 2. The molecule has 0 aliphatic heterocycles. The summed E-state index contributed by atoms with van der Waals surface area (Å²) >= 11 is 0. The van der Waals surface area contributed by atoms with Crippen LogP contribution in [0.25, 0.3) is 27.6 Å². The van der Waals surface area contributed by atoms with Crippen molar-refractivity contribution in [2.45, 2.75) is 26.1 Å². The fourth-order valence-corrected chi connectivity index (χ4v) is 3.63. The molecule has 0 saturated carbocycles. The summed E-state index contributed by atoms with van der Waals surface area (Å²) in [5, 5.41) is 4.57. The molecule has 1 aliphatic rings. The van der Waals surface area contributed by atoms with Gasteiger partial charge in [0, 0.05) is 19.4 Å². The Balaban J connectivity index is 1.92. The predicted octanol–water partition coefficient (Wildman–Crippen LogP) is 4.56. The molecule has 1 aliphatic carbocycles. The first kappa shape index (κ1) is 16.3. The van der Waals surface area contributed by atoms with Crippen molar-refractivity contribution in [3.05, 3.63) is 65.7 Å². The van der Waals surface area contributed by atoms with Crippen LogP contribution in [0.3, 0.4) is 0 Å². The summed E-state index contributed by atoms with van der Waals surface area (Å²) in [5.74, 6) is -0.820. The summed E-state index contributed by atoms with van der Waals surface area (Å²) in [6.07, 6.45) is 2.46. The summed E-state index contributed by atoms with van der Waals surface area (Å²) in [7, 11) is 0. The third-order valence-electron chi connectivity index (χ3n) is 4.65. The summed E-state index contributed by atoms with van der Waals surface area (Å²) in [5.41, 5.74) is 1.83. The Labute approximate surface area is 151 Å². The first-order valence-corrected chi connectivity index (χ1v) is 8.51. The molecule has 0 aromatic heterocycles. The van der Waals surface area contributed by atoms with Gasteiger partial charge in [-0.15, -0.1) is 0 Å². The van der Waals surface area contributed by atoms with Gasteiger partial charge in [0.15, 0.2) is 12.2 Å². The van der Waals surface area contributed by atoms with Gasteiger partial charge in [0.2, 0.25) is 0 Å². The second-order valence-corrected chi connectivity index (χ2v) is 6.41. The molecular weight excluding hydrogens is 328 g/mol. The molecule has 4 heteroatoms. The molecule has 0 bridgehead atoms. The van der Waals surface area contributed by atoms with Crippen LogP contribution in [-0.2, 0) is 19.1 Å². The molecule has 0 fully saturated rings. The van der Waals surface area contributed by atoms with Gasteiger partial charge in [-0.2, -0.15) is 0 Å². The average Bonchev–Trinajstić information content (AvgIpc) is 2.62. The molecule has 2 atom stereocenters. The van der Waals surface area contributed by atoms with E-state index in [9.17, 15) is 9.59 Å². The van der Waals surface area contributed by atoms with Crippen molar-refractivity contribution >= 4 is 39.6 Å². The lowest BCUT2D eigenvalue weighted by Crippen LogP contribution is -2.28. The third kappa shape index (κ3) is 2.73. The van der Waals surface area contributed by atoms with Gasteiger partial charge < -0.3 is 9.47 Å². The van der Waals surface area contributed by atoms with Gasteiger partial charge in [-0.05, 0) is 33.2 Å². The Morgan fingerprint density at radius 1 is 0.808 bits per heavy atom. The van der Waals surface area contributed by atoms with E-state index in [0.29, 0.717) is 0 Å². The first-order valence-electron chi connectivity index (χ1n) is 8.51. The second kappa shape index (κ2) is 6.30. The van der Waals surface area contributed by atoms with Crippen LogP contribution >= 0.6 is 0 Å². The van der Waals surface area contributed by atoms with E-state index < -0.39 is 24.1 Å². The van der Waals surface area contributed by atoms with E-state index in [2.05, 4.69) is 24.3 Å². The van der Waals surface area contributed by atoms with Crippen LogP contribution in [0.5, 0.6) is 0 Å². The molecule has 0 N–H and O–H groups in total. The minimum atomic E-state index is -0.646. The van der Waals surface area contributed by atoms with Crippen molar-refractivity contribution in [3.63, 3.8) is 0 Å². The zero-order valence-electron chi connectivity index (χ0n) is 14.6. The van der Waals surface area contributed by atoms with E-state index in [0.717, 1.165) is 21.9 Å². The van der Waals surface area contributed by atoms with Crippen LogP contribution in [0.2, 0.25) is 0 Å². The van der Waals surface area contributed by atoms with Crippen LogP contribution in [0.1, 0.15) is 31.1 Å². The highest BCUT2D eigenvalue weighted by Gasteiger charge is 2.32.